The molecule has 1 aliphatic heterocycles. The van der Waals surface area contributed by atoms with Crippen LogP contribution >= 0.6 is 11.6 Å². The summed E-state index contributed by atoms with van der Waals surface area (Å²) < 4.78 is 0. The summed E-state index contributed by atoms with van der Waals surface area (Å²) in [5, 5.41) is 0.720. The molecule has 4 rings (SSSR count). The van der Waals surface area contributed by atoms with Crippen molar-refractivity contribution in [3.63, 3.8) is 0 Å². The Balaban J connectivity index is 1.40. The van der Waals surface area contributed by atoms with E-state index in [1.807, 2.05) is 48.5 Å². The van der Waals surface area contributed by atoms with Crippen molar-refractivity contribution < 1.29 is 9.59 Å². The third kappa shape index (κ3) is 4.23. The van der Waals surface area contributed by atoms with Gasteiger partial charge < -0.3 is 15.5 Å². The molecule has 2 fully saturated rings. The van der Waals surface area contributed by atoms with E-state index in [4.69, 9.17) is 17.3 Å². The lowest BCUT2D eigenvalue weighted by atomic mass is 9.68. The van der Waals surface area contributed by atoms with Crippen molar-refractivity contribution in [1.29, 1.82) is 0 Å². The van der Waals surface area contributed by atoms with Crippen molar-refractivity contribution in [3.05, 3.63) is 70.7 Å². The zero-order valence-corrected chi connectivity index (χ0v) is 17.9. The lowest BCUT2D eigenvalue weighted by molar-refractivity contribution is -0.153. The molecule has 1 aliphatic carbocycles. The van der Waals surface area contributed by atoms with E-state index in [-0.39, 0.29) is 36.4 Å². The Morgan fingerprint density at radius 3 is 2.37 bits per heavy atom. The van der Waals surface area contributed by atoms with Crippen LogP contribution in [0.2, 0.25) is 5.02 Å². The Hall–Kier alpha value is -2.37. The van der Waals surface area contributed by atoms with Gasteiger partial charge in [0.1, 0.15) is 13.1 Å². The Labute approximate surface area is 182 Å². The molecule has 0 aromatic heterocycles. The number of amides is 2. The van der Waals surface area contributed by atoms with E-state index in [9.17, 15) is 9.59 Å². The predicted octanol–water partition coefficient (Wildman–Crippen LogP) is 3.35. The molecule has 0 bridgehead atoms. The summed E-state index contributed by atoms with van der Waals surface area (Å²) in [5.41, 5.74) is 8.31. The minimum atomic E-state index is -0.108. The second kappa shape index (κ2) is 8.78. The molecule has 2 aromatic rings. The number of hydrogen-bond donors (Lipinski definition) is 1. The molecule has 0 unspecified atom stereocenters. The summed E-state index contributed by atoms with van der Waals surface area (Å²) >= 11 is 6.20. The monoisotopic (exact) mass is 425 g/mol. The number of benzene rings is 2. The Morgan fingerprint density at radius 1 is 0.967 bits per heavy atom. The largest absolute Gasteiger partial charge is 0.330 e. The van der Waals surface area contributed by atoms with Gasteiger partial charge in [-0.25, -0.2) is 0 Å². The molecular formula is C24H28ClN3O2. The van der Waals surface area contributed by atoms with Crippen LogP contribution in [0.3, 0.4) is 0 Å². The number of rotatable bonds is 5. The van der Waals surface area contributed by atoms with Crippen LogP contribution < -0.4 is 5.73 Å². The van der Waals surface area contributed by atoms with Crippen LogP contribution in [0.1, 0.15) is 36.8 Å². The maximum Gasteiger partial charge on any atom is 0.242 e. The van der Waals surface area contributed by atoms with E-state index >= 15 is 0 Å². The van der Waals surface area contributed by atoms with Crippen molar-refractivity contribution in [3.8, 4) is 0 Å². The maximum atomic E-state index is 12.9. The van der Waals surface area contributed by atoms with Crippen LogP contribution in [-0.2, 0) is 21.5 Å². The Morgan fingerprint density at radius 2 is 1.70 bits per heavy atom. The van der Waals surface area contributed by atoms with Gasteiger partial charge in [-0.1, -0.05) is 54.1 Å². The topological polar surface area (TPSA) is 66.6 Å². The first-order chi connectivity index (χ1) is 14.5. The molecule has 158 valence electrons. The molecular weight excluding hydrogens is 398 g/mol. The minimum Gasteiger partial charge on any atom is -0.330 e. The summed E-state index contributed by atoms with van der Waals surface area (Å²) in [4.78, 5) is 29.1. The molecule has 2 aromatic carbocycles. The standard InChI is InChI=1S/C24H28ClN3O2/c25-20-8-4-7-19(13-20)24(17-26)11-9-21(10-12-24)28-16-22(29)27(15-23(28)30)14-18-5-2-1-3-6-18/h1-8,13,21H,9-12,14-17,26H2/t21-,24-. The number of halogens is 1. The average molecular weight is 426 g/mol. The molecule has 30 heavy (non-hydrogen) atoms. The summed E-state index contributed by atoms with van der Waals surface area (Å²) in [6.45, 7) is 1.36. The number of carbonyl (C=O) groups is 2. The molecule has 0 radical (unpaired) electrons. The molecule has 0 spiro atoms. The van der Waals surface area contributed by atoms with Crippen LogP contribution in [0.15, 0.2) is 54.6 Å². The van der Waals surface area contributed by atoms with E-state index in [2.05, 4.69) is 6.07 Å². The number of piperazine rings is 1. The Kier molecular flexibility index (Phi) is 6.11. The van der Waals surface area contributed by atoms with Gasteiger partial charge in [0, 0.05) is 29.6 Å². The third-order valence-electron chi connectivity index (χ3n) is 6.70. The van der Waals surface area contributed by atoms with Crippen LogP contribution in [0.5, 0.6) is 0 Å². The highest BCUT2D eigenvalue weighted by Gasteiger charge is 2.41. The van der Waals surface area contributed by atoms with Gasteiger partial charge in [0.25, 0.3) is 0 Å². The summed E-state index contributed by atoms with van der Waals surface area (Å²) in [6, 6.07) is 17.8. The van der Waals surface area contributed by atoms with Crippen molar-refractivity contribution in [1.82, 2.24) is 9.80 Å². The highest BCUT2D eigenvalue weighted by molar-refractivity contribution is 6.30. The van der Waals surface area contributed by atoms with Crippen molar-refractivity contribution >= 4 is 23.4 Å². The fourth-order valence-electron chi connectivity index (χ4n) is 4.85. The van der Waals surface area contributed by atoms with E-state index in [1.54, 1.807) is 9.80 Å². The van der Waals surface area contributed by atoms with E-state index in [0.717, 1.165) is 36.3 Å². The number of carbonyl (C=O) groups excluding carboxylic acids is 2. The van der Waals surface area contributed by atoms with Crippen molar-refractivity contribution in [2.24, 2.45) is 5.73 Å². The van der Waals surface area contributed by atoms with Gasteiger partial charge in [0.2, 0.25) is 11.8 Å². The second-order valence-electron chi connectivity index (χ2n) is 8.48. The summed E-state index contributed by atoms with van der Waals surface area (Å²) in [7, 11) is 0. The molecule has 2 N–H and O–H groups in total. The zero-order valence-electron chi connectivity index (χ0n) is 17.1. The highest BCUT2D eigenvalue weighted by Crippen LogP contribution is 2.41. The third-order valence-corrected chi connectivity index (χ3v) is 6.94. The lowest BCUT2D eigenvalue weighted by Gasteiger charge is -2.45. The fraction of sp³-hybridized carbons (Fsp3) is 0.417. The molecule has 0 atom stereocenters. The molecule has 1 heterocycles. The number of hydrogen-bond acceptors (Lipinski definition) is 3. The van der Waals surface area contributed by atoms with Gasteiger partial charge in [-0.3, -0.25) is 9.59 Å². The van der Waals surface area contributed by atoms with Crippen molar-refractivity contribution in [2.45, 2.75) is 43.7 Å². The molecule has 5 nitrogen and oxygen atoms in total. The lowest BCUT2D eigenvalue weighted by Crippen LogP contribution is -2.58. The van der Waals surface area contributed by atoms with Gasteiger partial charge in [-0.15, -0.1) is 0 Å². The van der Waals surface area contributed by atoms with Crippen LogP contribution in [0, 0.1) is 0 Å². The van der Waals surface area contributed by atoms with Crippen molar-refractivity contribution in [2.75, 3.05) is 19.6 Å². The summed E-state index contributed by atoms with van der Waals surface area (Å²) in [6.07, 6.45) is 3.48. The second-order valence-corrected chi connectivity index (χ2v) is 8.92. The van der Waals surface area contributed by atoms with Gasteiger partial charge in [-0.05, 0) is 48.9 Å². The van der Waals surface area contributed by atoms with Gasteiger partial charge >= 0.3 is 0 Å². The average Bonchev–Trinajstić information content (AvgIpc) is 2.77. The van der Waals surface area contributed by atoms with E-state index < -0.39 is 0 Å². The molecule has 6 heteroatoms. The smallest absolute Gasteiger partial charge is 0.242 e. The zero-order chi connectivity index (χ0) is 21.1. The van der Waals surface area contributed by atoms with E-state index in [1.165, 1.54) is 5.56 Å². The van der Waals surface area contributed by atoms with E-state index in [0.29, 0.717) is 13.1 Å². The molecule has 2 amide bonds. The quantitative estimate of drug-likeness (QED) is 0.798. The van der Waals surface area contributed by atoms with Crippen LogP contribution in [-0.4, -0.2) is 47.3 Å². The number of nitrogens with two attached hydrogens (primary N) is 1. The van der Waals surface area contributed by atoms with Gasteiger partial charge in [0.15, 0.2) is 0 Å². The van der Waals surface area contributed by atoms with Crippen LogP contribution in [0.25, 0.3) is 0 Å². The molecule has 1 saturated heterocycles. The minimum absolute atomic E-state index is 0.0176. The first-order valence-electron chi connectivity index (χ1n) is 10.6. The SMILES string of the molecule is NC[C@]1(c2cccc(Cl)c2)CC[C@H](N2CC(=O)N(Cc3ccccc3)CC2=O)CC1. The highest BCUT2D eigenvalue weighted by atomic mass is 35.5. The fourth-order valence-corrected chi connectivity index (χ4v) is 5.04. The predicted molar refractivity (Wildman–Crippen MR) is 118 cm³/mol. The van der Waals surface area contributed by atoms with Gasteiger partial charge in [0.05, 0.1) is 0 Å². The molecule has 1 saturated carbocycles. The summed E-state index contributed by atoms with van der Waals surface area (Å²) in [5.74, 6) is 0.0579. The normalized spacial score (nSPS) is 24.9. The first-order valence-corrected chi connectivity index (χ1v) is 11.0. The van der Waals surface area contributed by atoms with Crippen LogP contribution in [0.4, 0.5) is 0 Å². The molecule has 2 aliphatic rings. The van der Waals surface area contributed by atoms with Gasteiger partial charge in [-0.2, -0.15) is 0 Å². The first kappa shape index (κ1) is 20.9. The maximum absolute atomic E-state index is 12.9. The Bertz CT molecular complexity index is 910. The number of nitrogens with zero attached hydrogens (tertiary/aromatic N) is 2.